The normalized spacial score (nSPS) is 9.57. The van der Waals surface area contributed by atoms with Crippen molar-refractivity contribution < 1.29 is 14.7 Å². The highest BCUT2D eigenvalue weighted by atomic mass is 16.3. The van der Waals surface area contributed by atoms with E-state index in [1.807, 2.05) is 0 Å². The molecule has 0 aliphatic heterocycles. The van der Waals surface area contributed by atoms with Crippen molar-refractivity contribution in [2.24, 2.45) is 0 Å². The van der Waals surface area contributed by atoms with Crippen LogP contribution < -0.4 is 10.6 Å². The second-order valence-electron chi connectivity index (χ2n) is 2.95. The summed E-state index contributed by atoms with van der Waals surface area (Å²) >= 11 is 0. The third kappa shape index (κ3) is 7.54. The molecule has 0 saturated carbocycles. The summed E-state index contributed by atoms with van der Waals surface area (Å²) in [6, 6.07) is 0. The van der Waals surface area contributed by atoms with Crippen LogP contribution in [0.5, 0.6) is 0 Å². The fourth-order valence-corrected chi connectivity index (χ4v) is 0.905. The fraction of sp³-hybridized carbons (Fsp3) is 0.778. The maximum Gasteiger partial charge on any atom is 0.220 e. The van der Waals surface area contributed by atoms with Crippen molar-refractivity contribution in [3.63, 3.8) is 0 Å². The predicted molar refractivity (Wildman–Crippen MR) is 52.6 cm³/mol. The van der Waals surface area contributed by atoms with E-state index in [1.54, 1.807) is 7.05 Å². The molecule has 0 saturated heterocycles. The van der Waals surface area contributed by atoms with Crippen molar-refractivity contribution in [3.8, 4) is 0 Å². The van der Waals surface area contributed by atoms with Crippen LogP contribution in [0, 0.1) is 0 Å². The first-order valence-electron chi connectivity index (χ1n) is 4.79. The van der Waals surface area contributed by atoms with Crippen LogP contribution in [0.2, 0.25) is 0 Å². The Morgan fingerprint density at radius 2 is 1.79 bits per heavy atom. The molecule has 5 nitrogen and oxygen atoms in total. The third-order valence-corrected chi connectivity index (χ3v) is 1.77. The van der Waals surface area contributed by atoms with Gasteiger partial charge in [-0.15, -0.1) is 0 Å². The Bertz CT molecular complexity index is 183. The van der Waals surface area contributed by atoms with E-state index in [-0.39, 0.29) is 31.3 Å². The average Bonchev–Trinajstić information content (AvgIpc) is 2.21. The zero-order valence-electron chi connectivity index (χ0n) is 8.51. The highest BCUT2D eigenvalue weighted by Gasteiger charge is 2.03. The van der Waals surface area contributed by atoms with E-state index in [1.165, 1.54) is 0 Å². The van der Waals surface area contributed by atoms with E-state index in [0.29, 0.717) is 13.0 Å². The summed E-state index contributed by atoms with van der Waals surface area (Å²) < 4.78 is 0. The number of carbonyl (C=O) groups excluding carboxylic acids is 2. The number of aliphatic hydroxyl groups is 1. The minimum atomic E-state index is -0.129. The minimum Gasteiger partial charge on any atom is -0.396 e. The first kappa shape index (κ1) is 12.9. The number of unbranched alkanes of at least 4 members (excludes halogenated alkanes) is 1. The van der Waals surface area contributed by atoms with Gasteiger partial charge in [0.2, 0.25) is 11.8 Å². The Morgan fingerprint density at radius 3 is 2.36 bits per heavy atom. The molecule has 0 unspecified atom stereocenters. The zero-order valence-corrected chi connectivity index (χ0v) is 8.51. The van der Waals surface area contributed by atoms with Crippen molar-refractivity contribution >= 4 is 11.8 Å². The molecule has 82 valence electrons. The van der Waals surface area contributed by atoms with Crippen LogP contribution in [0.25, 0.3) is 0 Å². The van der Waals surface area contributed by atoms with Gasteiger partial charge in [-0.05, 0) is 12.8 Å². The van der Waals surface area contributed by atoms with E-state index in [0.717, 1.165) is 6.42 Å². The first-order chi connectivity index (χ1) is 6.70. The van der Waals surface area contributed by atoms with Gasteiger partial charge in [0, 0.05) is 33.0 Å². The van der Waals surface area contributed by atoms with Gasteiger partial charge in [0.1, 0.15) is 0 Å². The summed E-state index contributed by atoms with van der Waals surface area (Å²) in [5.74, 6) is -0.248. The molecule has 0 aliphatic carbocycles. The number of hydrogen-bond donors (Lipinski definition) is 3. The fourth-order valence-electron chi connectivity index (χ4n) is 0.905. The Balaban J connectivity index is 3.32. The third-order valence-electron chi connectivity index (χ3n) is 1.77. The molecule has 14 heavy (non-hydrogen) atoms. The van der Waals surface area contributed by atoms with Gasteiger partial charge in [-0.25, -0.2) is 0 Å². The van der Waals surface area contributed by atoms with Crippen LogP contribution in [-0.2, 0) is 9.59 Å². The molecule has 0 aromatic carbocycles. The first-order valence-corrected chi connectivity index (χ1v) is 4.79. The average molecular weight is 202 g/mol. The molecule has 0 heterocycles. The molecule has 0 radical (unpaired) electrons. The lowest BCUT2D eigenvalue weighted by Gasteiger charge is -2.03. The molecule has 0 spiro atoms. The SMILES string of the molecule is CNC(=O)CCC(=O)NCCCCO. The molecule has 5 heteroatoms. The van der Waals surface area contributed by atoms with Gasteiger partial charge >= 0.3 is 0 Å². The maximum atomic E-state index is 11.1. The Hall–Kier alpha value is -1.10. The predicted octanol–water partition coefficient (Wildman–Crippen LogP) is -0.599. The van der Waals surface area contributed by atoms with Crippen LogP contribution in [0.1, 0.15) is 25.7 Å². The highest BCUT2D eigenvalue weighted by molar-refractivity contribution is 5.83. The molecule has 0 atom stereocenters. The number of nitrogens with one attached hydrogen (secondary N) is 2. The summed E-state index contributed by atoms with van der Waals surface area (Å²) in [6.07, 6.45) is 1.90. The van der Waals surface area contributed by atoms with Gasteiger partial charge in [-0.2, -0.15) is 0 Å². The minimum absolute atomic E-state index is 0.119. The lowest BCUT2D eigenvalue weighted by atomic mass is 10.2. The Kier molecular flexibility index (Phi) is 7.83. The van der Waals surface area contributed by atoms with Gasteiger partial charge in [0.15, 0.2) is 0 Å². The van der Waals surface area contributed by atoms with Crippen LogP contribution >= 0.6 is 0 Å². The van der Waals surface area contributed by atoms with E-state index < -0.39 is 0 Å². The molecule has 0 rings (SSSR count). The van der Waals surface area contributed by atoms with Crippen molar-refractivity contribution in [1.29, 1.82) is 0 Å². The smallest absolute Gasteiger partial charge is 0.220 e. The van der Waals surface area contributed by atoms with Crippen LogP contribution in [0.4, 0.5) is 0 Å². The lowest BCUT2D eigenvalue weighted by molar-refractivity contribution is -0.126. The van der Waals surface area contributed by atoms with Gasteiger partial charge in [-0.3, -0.25) is 9.59 Å². The van der Waals surface area contributed by atoms with Gasteiger partial charge < -0.3 is 15.7 Å². The van der Waals surface area contributed by atoms with E-state index in [4.69, 9.17) is 5.11 Å². The Labute approximate surface area is 83.9 Å². The monoisotopic (exact) mass is 202 g/mol. The van der Waals surface area contributed by atoms with Gasteiger partial charge in [0.05, 0.1) is 0 Å². The lowest BCUT2D eigenvalue weighted by Crippen LogP contribution is -2.26. The number of aliphatic hydroxyl groups excluding tert-OH is 1. The van der Waals surface area contributed by atoms with Gasteiger partial charge in [-0.1, -0.05) is 0 Å². The number of carbonyl (C=O) groups is 2. The van der Waals surface area contributed by atoms with Crippen LogP contribution in [-0.4, -0.2) is 37.1 Å². The summed E-state index contributed by atoms with van der Waals surface area (Å²) in [5.41, 5.74) is 0. The number of rotatable bonds is 7. The van der Waals surface area contributed by atoms with E-state index in [9.17, 15) is 9.59 Å². The zero-order chi connectivity index (χ0) is 10.8. The van der Waals surface area contributed by atoms with Crippen molar-refractivity contribution in [2.45, 2.75) is 25.7 Å². The molecular weight excluding hydrogens is 184 g/mol. The van der Waals surface area contributed by atoms with E-state index >= 15 is 0 Å². The second kappa shape index (κ2) is 8.50. The quantitative estimate of drug-likeness (QED) is 0.482. The number of amides is 2. The summed E-state index contributed by atoms with van der Waals surface area (Å²) in [4.78, 5) is 21.8. The summed E-state index contributed by atoms with van der Waals surface area (Å²) in [6.45, 7) is 0.710. The van der Waals surface area contributed by atoms with Gasteiger partial charge in [0.25, 0.3) is 0 Å². The molecule has 2 amide bonds. The summed E-state index contributed by atoms with van der Waals surface area (Å²) in [5, 5.41) is 13.6. The molecule has 0 bridgehead atoms. The van der Waals surface area contributed by atoms with Crippen LogP contribution in [0.3, 0.4) is 0 Å². The molecule has 0 aromatic rings. The summed E-state index contributed by atoms with van der Waals surface area (Å²) in [7, 11) is 1.54. The molecule has 0 aliphatic rings. The molecule has 0 aromatic heterocycles. The largest absolute Gasteiger partial charge is 0.396 e. The van der Waals surface area contributed by atoms with Crippen molar-refractivity contribution in [2.75, 3.05) is 20.2 Å². The molecule has 3 N–H and O–H groups in total. The van der Waals surface area contributed by atoms with Crippen LogP contribution in [0.15, 0.2) is 0 Å². The maximum absolute atomic E-state index is 11.1. The topological polar surface area (TPSA) is 78.4 Å². The van der Waals surface area contributed by atoms with E-state index in [2.05, 4.69) is 10.6 Å². The molecule has 0 fully saturated rings. The second-order valence-corrected chi connectivity index (χ2v) is 2.95. The Morgan fingerprint density at radius 1 is 1.14 bits per heavy atom. The van der Waals surface area contributed by atoms with Crippen molar-refractivity contribution in [3.05, 3.63) is 0 Å². The standard InChI is InChI=1S/C9H18N2O3/c1-10-8(13)4-5-9(14)11-6-2-3-7-12/h12H,2-7H2,1H3,(H,10,13)(H,11,14). The highest BCUT2D eigenvalue weighted by Crippen LogP contribution is 1.90. The number of hydrogen-bond acceptors (Lipinski definition) is 3. The van der Waals surface area contributed by atoms with Crippen molar-refractivity contribution in [1.82, 2.24) is 10.6 Å². The molecular formula is C9H18N2O3.